The molecule has 0 saturated heterocycles. The molecular weight excluding hydrogens is 492 g/mol. The smallest absolute Gasteiger partial charge is 0.271 e. The Kier molecular flexibility index (Phi) is 11.3. The van der Waals surface area contributed by atoms with Gasteiger partial charge in [0.1, 0.15) is 11.6 Å². The molecule has 1 aliphatic heterocycles. The summed E-state index contributed by atoms with van der Waals surface area (Å²) >= 11 is 1.57. The van der Waals surface area contributed by atoms with Crippen LogP contribution in [-0.2, 0) is 9.59 Å². The fourth-order valence-electron chi connectivity index (χ4n) is 4.52. The summed E-state index contributed by atoms with van der Waals surface area (Å²) < 4.78 is 0. The molecular formula is C31H40N4O2S. The van der Waals surface area contributed by atoms with Crippen molar-refractivity contribution >= 4 is 34.4 Å². The van der Waals surface area contributed by atoms with Gasteiger partial charge in [0.15, 0.2) is 5.13 Å². The summed E-state index contributed by atoms with van der Waals surface area (Å²) in [6, 6.07) is 12.1. The summed E-state index contributed by atoms with van der Waals surface area (Å²) in [5.74, 6) is -0.812. The van der Waals surface area contributed by atoms with E-state index in [1.807, 2.05) is 36.4 Å². The van der Waals surface area contributed by atoms with Crippen LogP contribution in [0.1, 0.15) is 83.9 Å². The minimum Gasteiger partial charge on any atom is -0.348 e. The molecule has 1 aromatic heterocycles. The number of aromatic nitrogens is 1. The van der Waals surface area contributed by atoms with E-state index in [1.54, 1.807) is 18.3 Å². The van der Waals surface area contributed by atoms with E-state index in [4.69, 9.17) is 4.98 Å². The molecule has 2 aromatic rings. The number of hydrogen-bond donors (Lipinski definition) is 0. The minimum atomic E-state index is -0.484. The van der Waals surface area contributed by atoms with Crippen molar-refractivity contribution in [2.45, 2.75) is 79.1 Å². The molecule has 0 radical (unpaired) electrons. The predicted molar refractivity (Wildman–Crippen MR) is 157 cm³/mol. The SMILES string of the molecule is CCCCCCN1C(=O)C(C#N)=C(C)/C(=C/c2sc(N(CCCC)CCCC)nc2-c2ccccc2)C1=O. The predicted octanol–water partition coefficient (Wildman–Crippen LogP) is 7.39. The second kappa shape index (κ2) is 14.6. The molecule has 0 atom stereocenters. The number of rotatable bonds is 14. The van der Waals surface area contributed by atoms with E-state index in [-0.39, 0.29) is 11.5 Å². The number of benzene rings is 1. The number of nitriles is 1. The first-order chi connectivity index (χ1) is 18.5. The molecule has 1 aromatic carbocycles. The summed E-state index contributed by atoms with van der Waals surface area (Å²) in [5.41, 5.74) is 2.69. The fourth-order valence-corrected chi connectivity index (χ4v) is 5.60. The van der Waals surface area contributed by atoms with Gasteiger partial charge in [0.25, 0.3) is 11.8 Å². The van der Waals surface area contributed by atoms with Gasteiger partial charge < -0.3 is 4.90 Å². The van der Waals surface area contributed by atoms with Gasteiger partial charge in [0.05, 0.1) is 10.6 Å². The van der Waals surface area contributed by atoms with E-state index in [2.05, 4.69) is 31.7 Å². The number of carbonyl (C=O) groups excluding carboxylic acids is 2. The van der Waals surface area contributed by atoms with E-state index in [0.29, 0.717) is 17.7 Å². The summed E-state index contributed by atoms with van der Waals surface area (Å²) in [5, 5.41) is 10.7. The van der Waals surface area contributed by atoms with E-state index in [1.165, 1.54) is 4.90 Å². The van der Waals surface area contributed by atoms with Crippen LogP contribution in [0.3, 0.4) is 0 Å². The van der Waals surface area contributed by atoms with Crippen molar-refractivity contribution in [2.75, 3.05) is 24.5 Å². The van der Waals surface area contributed by atoms with Crippen LogP contribution < -0.4 is 4.90 Å². The van der Waals surface area contributed by atoms with Crippen LogP contribution in [0.25, 0.3) is 17.3 Å². The van der Waals surface area contributed by atoms with Gasteiger partial charge >= 0.3 is 0 Å². The quantitative estimate of drug-likeness (QED) is 0.144. The molecule has 7 heteroatoms. The van der Waals surface area contributed by atoms with Crippen LogP contribution in [0.15, 0.2) is 47.1 Å². The Hall–Kier alpha value is -3.24. The molecule has 6 nitrogen and oxygen atoms in total. The number of thiazole rings is 1. The third-order valence-electron chi connectivity index (χ3n) is 6.86. The van der Waals surface area contributed by atoms with Gasteiger partial charge in [-0.1, -0.05) is 94.5 Å². The number of anilines is 1. The monoisotopic (exact) mass is 532 g/mol. The summed E-state index contributed by atoms with van der Waals surface area (Å²) in [4.78, 5) is 36.2. The highest BCUT2D eigenvalue weighted by atomic mass is 32.1. The van der Waals surface area contributed by atoms with E-state index in [0.717, 1.165) is 85.7 Å². The highest BCUT2D eigenvalue weighted by Crippen LogP contribution is 2.37. The number of imide groups is 1. The molecule has 0 unspecified atom stereocenters. The Bertz CT molecular complexity index is 1200. The molecule has 0 spiro atoms. The first-order valence-corrected chi connectivity index (χ1v) is 14.8. The lowest BCUT2D eigenvalue weighted by molar-refractivity contribution is -0.140. The van der Waals surface area contributed by atoms with Gasteiger partial charge in [-0.25, -0.2) is 4.98 Å². The standard InChI is InChI=1S/C31H40N4O2S/c1-5-8-11-15-20-35-29(36)25(23(4)26(22-32)30(35)37)21-27-28(24-16-13-12-14-17-24)33-31(38-27)34(18-9-6-2)19-10-7-3/h12-14,16-17,21H,5-11,15,18-20H2,1-4H3/b25-21-. The highest BCUT2D eigenvalue weighted by Gasteiger charge is 2.35. The molecule has 0 aliphatic carbocycles. The Balaban J connectivity index is 2.09. The fraction of sp³-hybridized carbons (Fsp3) is 0.484. The first kappa shape index (κ1) is 29.3. The Morgan fingerprint density at radius 3 is 2.21 bits per heavy atom. The van der Waals surface area contributed by atoms with Crippen molar-refractivity contribution < 1.29 is 9.59 Å². The van der Waals surface area contributed by atoms with Crippen LogP contribution in [0.2, 0.25) is 0 Å². The first-order valence-electron chi connectivity index (χ1n) is 14.0. The molecule has 0 fully saturated rings. The molecule has 202 valence electrons. The second-order valence-corrected chi connectivity index (χ2v) is 10.8. The number of amides is 2. The molecule has 3 rings (SSSR count). The minimum absolute atomic E-state index is 0.0462. The van der Waals surface area contributed by atoms with Crippen molar-refractivity contribution in [3.8, 4) is 17.3 Å². The Labute approximate surface area is 231 Å². The van der Waals surface area contributed by atoms with Crippen LogP contribution >= 0.6 is 11.3 Å². The van der Waals surface area contributed by atoms with Crippen molar-refractivity contribution in [1.29, 1.82) is 5.26 Å². The van der Waals surface area contributed by atoms with Crippen LogP contribution in [-0.4, -0.2) is 41.3 Å². The average molecular weight is 533 g/mol. The normalized spacial score (nSPS) is 14.9. The molecule has 1 aliphatic rings. The van der Waals surface area contributed by atoms with Gasteiger partial charge in [-0.05, 0) is 37.8 Å². The van der Waals surface area contributed by atoms with Crippen molar-refractivity contribution in [3.63, 3.8) is 0 Å². The topological polar surface area (TPSA) is 77.3 Å². The maximum atomic E-state index is 13.6. The maximum absolute atomic E-state index is 13.6. The number of carbonyl (C=O) groups is 2. The van der Waals surface area contributed by atoms with Gasteiger partial charge in [-0.3, -0.25) is 14.5 Å². The molecule has 0 N–H and O–H groups in total. The zero-order chi connectivity index (χ0) is 27.5. The number of nitrogens with zero attached hydrogens (tertiary/aromatic N) is 4. The van der Waals surface area contributed by atoms with E-state index >= 15 is 0 Å². The third-order valence-corrected chi connectivity index (χ3v) is 7.92. The lowest BCUT2D eigenvalue weighted by Crippen LogP contribution is -2.43. The lowest BCUT2D eigenvalue weighted by Gasteiger charge is -2.27. The number of hydrogen-bond acceptors (Lipinski definition) is 6. The van der Waals surface area contributed by atoms with Crippen molar-refractivity contribution in [1.82, 2.24) is 9.88 Å². The maximum Gasteiger partial charge on any atom is 0.271 e. The molecule has 2 heterocycles. The van der Waals surface area contributed by atoms with Crippen LogP contribution in [0.4, 0.5) is 5.13 Å². The van der Waals surface area contributed by atoms with Gasteiger partial charge in [-0.2, -0.15) is 5.26 Å². The third kappa shape index (κ3) is 6.99. The van der Waals surface area contributed by atoms with Crippen molar-refractivity contribution in [2.24, 2.45) is 0 Å². The lowest BCUT2D eigenvalue weighted by atomic mass is 9.94. The highest BCUT2D eigenvalue weighted by molar-refractivity contribution is 7.17. The van der Waals surface area contributed by atoms with E-state index < -0.39 is 5.91 Å². The molecule has 38 heavy (non-hydrogen) atoms. The Morgan fingerprint density at radius 1 is 0.947 bits per heavy atom. The zero-order valence-electron chi connectivity index (χ0n) is 23.3. The average Bonchev–Trinajstić information content (AvgIpc) is 3.35. The zero-order valence-corrected chi connectivity index (χ0v) is 24.1. The van der Waals surface area contributed by atoms with Gasteiger partial charge in [0.2, 0.25) is 0 Å². The van der Waals surface area contributed by atoms with Crippen LogP contribution in [0.5, 0.6) is 0 Å². The van der Waals surface area contributed by atoms with Gasteiger partial charge in [-0.15, -0.1) is 0 Å². The van der Waals surface area contributed by atoms with Crippen molar-refractivity contribution in [3.05, 3.63) is 51.9 Å². The summed E-state index contributed by atoms with van der Waals surface area (Å²) in [6.07, 6.45) is 10.0. The second-order valence-electron chi connectivity index (χ2n) is 9.76. The molecule has 2 amide bonds. The molecule has 0 saturated carbocycles. The van der Waals surface area contributed by atoms with Crippen LogP contribution in [0, 0.1) is 11.3 Å². The largest absolute Gasteiger partial charge is 0.348 e. The van der Waals surface area contributed by atoms with E-state index in [9.17, 15) is 14.9 Å². The summed E-state index contributed by atoms with van der Waals surface area (Å²) in [7, 11) is 0. The summed E-state index contributed by atoms with van der Waals surface area (Å²) in [6.45, 7) is 10.4. The molecule has 0 bridgehead atoms. The Morgan fingerprint density at radius 2 is 1.61 bits per heavy atom. The number of unbranched alkanes of at least 4 members (excludes halogenated alkanes) is 5. The van der Waals surface area contributed by atoms with Gasteiger partial charge in [0, 0.05) is 30.8 Å².